The van der Waals surface area contributed by atoms with Crippen LogP contribution in [0.25, 0.3) is 0 Å². The molecule has 0 rings (SSSR count). The van der Waals surface area contributed by atoms with Gasteiger partial charge >= 0.3 is 0 Å². The van der Waals surface area contributed by atoms with Gasteiger partial charge in [-0.15, -0.1) is 0 Å². The summed E-state index contributed by atoms with van der Waals surface area (Å²) in [5, 5.41) is 0. The van der Waals surface area contributed by atoms with Crippen LogP contribution in [0.4, 0.5) is 0 Å². The summed E-state index contributed by atoms with van der Waals surface area (Å²) in [5.41, 5.74) is 10.8. The molecule has 0 aromatic heterocycles. The van der Waals surface area contributed by atoms with Gasteiger partial charge in [0.1, 0.15) is 0 Å². The van der Waals surface area contributed by atoms with E-state index in [1.807, 2.05) is 0 Å². The Bertz CT molecular complexity index is 163. The van der Waals surface area contributed by atoms with Gasteiger partial charge in [0.05, 0.1) is 18.8 Å². The second-order valence-electron chi connectivity index (χ2n) is 4.90. The average Bonchev–Trinajstić information content (AvgIpc) is 2.17. The van der Waals surface area contributed by atoms with E-state index in [1.54, 1.807) is 0 Å². The van der Waals surface area contributed by atoms with Crippen LogP contribution in [0.3, 0.4) is 0 Å². The molecule has 0 aromatic rings. The molecule has 0 saturated carbocycles. The lowest BCUT2D eigenvalue weighted by Gasteiger charge is -2.24. The van der Waals surface area contributed by atoms with E-state index in [9.17, 15) is 0 Å². The number of rotatable bonds is 10. The molecule has 4 N–H and O–H groups in total. The Hall–Kier alpha value is -0.160. The van der Waals surface area contributed by atoms with Gasteiger partial charge in [-0.05, 0) is 45.7 Å². The van der Waals surface area contributed by atoms with Gasteiger partial charge in [-0.1, -0.05) is 6.92 Å². The van der Waals surface area contributed by atoms with Crippen molar-refractivity contribution in [2.24, 2.45) is 17.4 Å². The lowest BCUT2D eigenvalue weighted by molar-refractivity contribution is -0.0519. The van der Waals surface area contributed by atoms with Gasteiger partial charge in [-0.2, -0.15) is 0 Å². The zero-order valence-electron chi connectivity index (χ0n) is 11.0. The maximum absolute atomic E-state index is 5.68. The highest BCUT2D eigenvalue weighted by Crippen LogP contribution is 2.12. The highest BCUT2D eigenvalue weighted by Gasteiger charge is 2.16. The summed E-state index contributed by atoms with van der Waals surface area (Å²) < 4.78 is 11.2. The van der Waals surface area contributed by atoms with Gasteiger partial charge in [-0.3, -0.25) is 0 Å². The number of nitrogens with two attached hydrogens (primary N) is 2. The Morgan fingerprint density at radius 2 is 1.81 bits per heavy atom. The summed E-state index contributed by atoms with van der Waals surface area (Å²) >= 11 is 0. The third-order valence-electron chi connectivity index (χ3n) is 2.53. The van der Waals surface area contributed by atoms with Crippen LogP contribution in [0, 0.1) is 5.92 Å². The monoisotopic (exact) mass is 232 g/mol. The van der Waals surface area contributed by atoms with Gasteiger partial charge in [0.15, 0.2) is 0 Å². The van der Waals surface area contributed by atoms with Gasteiger partial charge in [0.25, 0.3) is 0 Å². The number of ether oxygens (including phenoxy) is 2. The summed E-state index contributed by atoms with van der Waals surface area (Å²) in [5.74, 6) is 0.530. The van der Waals surface area contributed by atoms with Crippen molar-refractivity contribution in [3.8, 4) is 0 Å². The first kappa shape index (κ1) is 15.8. The number of hydrogen-bond acceptors (Lipinski definition) is 4. The van der Waals surface area contributed by atoms with E-state index in [0.29, 0.717) is 25.7 Å². The van der Waals surface area contributed by atoms with Crippen LogP contribution in [0.5, 0.6) is 0 Å². The Morgan fingerprint density at radius 1 is 1.12 bits per heavy atom. The van der Waals surface area contributed by atoms with Crippen LogP contribution < -0.4 is 11.5 Å². The summed E-state index contributed by atoms with van der Waals surface area (Å²) in [7, 11) is 0. The lowest BCUT2D eigenvalue weighted by Crippen LogP contribution is -2.29. The largest absolute Gasteiger partial charge is 0.379 e. The topological polar surface area (TPSA) is 70.5 Å². The zero-order valence-corrected chi connectivity index (χ0v) is 11.0. The van der Waals surface area contributed by atoms with E-state index in [-0.39, 0.29) is 5.60 Å². The molecule has 0 aromatic carbocycles. The third kappa shape index (κ3) is 9.09. The minimum atomic E-state index is -0.138. The van der Waals surface area contributed by atoms with Crippen molar-refractivity contribution in [1.29, 1.82) is 0 Å². The molecule has 0 heterocycles. The third-order valence-corrected chi connectivity index (χ3v) is 2.53. The average molecular weight is 232 g/mol. The molecule has 98 valence electrons. The molecule has 1 unspecified atom stereocenters. The van der Waals surface area contributed by atoms with Gasteiger partial charge < -0.3 is 20.9 Å². The van der Waals surface area contributed by atoms with E-state index in [4.69, 9.17) is 20.9 Å². The Morgan fingerprint density at radius 3 is 2.38 bits per heavy atom. The van der Waals surface area contributed by atoms with Crippen LogP contribution >= 0.6 is 0 Å². The van der Waals surface area contributed by atoms with Crippen LogP contribution in [-0.2, 0) is 9.47 Å². The van der Waals surface area contributed by atoms with Gasteiger partial charge in [0, 0.05) is 6.61 Å². The highest BCUT2D eigenvalue weighted by molar-refractivity contribution is 4.68. The lowest BCUT2D eigenvalue weighted by atomic mass is 10.1. The fourth-order valence-corrected chi connectivity index (χ4v) is 1.45. The predicted molar refractivity (Wildman–Crippen MR) is 67.4 cm³/mol. The van der Waals surface area contributed by atoms with E-state index in [1.165, 1.54) is 0 Å². The maximum atomic E-state index is 5.68. The van der Waals surface area contributed by atoms with Crippen molar-refractivity contribution in [2.45, 2.75) is 39.2 Å². The van der Waals surface area contributed by atoms with Crippen molar-refractivity contribution in [2.75, 3.05) is 32.9 Å². The predicted octanol–water partition coefficient (Wildman–Crippen LogP) is 1.13. The normalized spacial score (nSPS) is 14.1. The molecule has 0 aliphatic heterocycles. The molecule has 1 atom stereocenters. The molecule has 0 radical (unpaired) electrons. The molecule has 16 heavy (non-hydrogen) atoms. The molecular formula is C12H28N2O2. The SMILES string of the molecule is CC(CCN)COCCOC(C)(C)CCN. The second kappa shape index (κ2) is 8.93. The molecule has 0 aliphatic carbocycles. The maximum Gasteiger partial charge on any atom is 0.0707 e. The van der Waals surface area contributed by atoms with Crippen molar-refractivity contribution in [3.05, 3.63) is 0 Å². The molecule has 4 nitrogen and oxygen atoms in total. The zero-order chi connectivity index (χ0) is 12.4. The molecule has 4 heteroatoms. The smallest absolute Gasteiger partial charge is 0.0707 e. The van der Waals surface area contributed by atoms with Crippen LogP contribution in [-0.4, -0.2) is 38.5 Å². The molecule has 0 amide bonds. The number of hydrogen-bond donors (Lipinski definition) is 2. The van der Waals surface area contributed by atoms with Crippen molar-refractivity contribution >= 4 is 0 Å². The van der Waals surface area contributed by atoms with Crippen molar-refractivity contribution in [1.82, 2.24) is 0 Å². The summed E-state index contributed by atoms with van der Waals surface area (Å²) in [6.07, 6.45) is 1.89. The molecule has 0 aliphatic rings. The first-order valence-corrected chi connectivity index (χ1v) is 6.13. The fraction of sp³-hybridized carbons (Fsp3) is 1.00. The van der Waals surface area contributed by atoms with Crippen LogP contribution in [0.15, 0.2) is 0 Å². The first-order valence-electron chi connectivity index (χ1n) is 6.13. The summed E-state index contributed by atoms with van der Waals surface area (Å²) in [6, 6.07) is 0. The molecular weight excluding hydrogens is 204 g/mol. The fourth-order valence-electron chi connectivity index (χ4n) is 1.45. The van der Waals surface area contributed by atoms with Crippen LogP contribution in [0.2, 0.25) is 0 Å². The van der Waals surface area contributed by atoms with E-state index in [2.05, 4.69) is 20.8 Å². The first-order chi connectivity index (χ1) is 7.52. The summed E-state index contributed by atoms with van der Waals surface area (Å²) in [4.78, 5) is 0. The van der Waals surface area contributed by atoms with E-state index >= 15 is 0 Å². The minimum Gasteiger partial charge on any atom is -0.379 e. The van der Waals surface area contributed by atoms with Crippen LogP contribution in [0.1, 0.15) is 33.6 Å². The Kier molecular flexibility index (Phi) is 8.84. The molecule has 0 bridgehead atoms. The van der Waals surface area contributed by atoms with Crippen molar-refractivity contribution in [3.63, 3.8) is 0 Å². The quantitative estimate of drug-likeness (QED) is 0.554. The molecule has 0 fully saturated rings. The molecule has 0 spiro atoms. The summed E-state index contributed by atoms with van der Waals surface area (Å²) in [6.45, 7) is 9.66. The highest BCUT2D eigenvalue weighted by atomic mass is 16.5. The van der Waals surface area contributed by atoms with E-state index in [0.717, 1.165) is 26.0 Å². The van der Waals surface area contributed by atoms with E-state index < -0.39 is 0 Å². The van der Waals surface area contributed by atoms with Crippen molar-refractivity contribution < 1.29 is 9.47 Å². The Balaban J connectivity index is 3.39. The molecule has 0 saturated heterocycles. The Labute approximate surface area is 99.7 Å². The standard InChI is InChI=1S/C12H28N2O2/c1-11(4-6-13)10-15-8-9-16-12(2,3)5-7-14/h11H,4-10,13-14H2,1-3H3. The second-order valence-corrected chi connectivity index (χ2v) is 4.90. The van der Waals surface area contributed by atoms with Gasteiger partial charge in [-0.25, -0.2) is 0 Å². The van der Waals surface area contributed by atoms with Gasteiger partial charge in [0.2, 0.25) is 0 Å². The minimum absolute atomic E-state index is 0.138.